The maximum absolute atomic E-state index is 12.9. The zero-order valence-electron chi connectivity index (χ0n) is 15.5. The third-order valence-electron chi connectivity index (χ3n) is 4.87. The van der Waals surface area contributed by atoms with E-state index in [-0.39, 0.29) is 23.7 Å². The number of carbonyl (C=O) groups is 2. The van der Waals surface area contributed by atoms with Crippen LogP contribution < -0.4 is 0 Å². The number of ketones is 1. The first kappa shape index (κ1) is 19.4. The van der Waals surface area contributed by atoms with E-state index in [1.54, 1.807) is 6.92 Å². The van der Waals surface area contributed by atoms with E-state index < -0.39 is 11.0 Å². The van der Waals surface area contributed by atoms with Gasteiger partial charge in [0.15, 0.2) is 11.0 Å². The molecule has 0 N–H and O–H groups in total. The highest BCUT2D eigenvalue weighted by Gasteiger charge is 2.43. The minimum Gasteiger partial charge on any atom is -0.285 e. The van der Waals surface area contributed by atoms with Crippen LogP contribution in [0.25, 0.3) is 0 Å². The second-order valence-electron chi connectivity index (χ2n) is 6.54. The first-order valence-corrected chi connectivity index (χ1v) is 10.7. The molecule has 1 aromatic rings. The predicted molar refractivity (Wildman–Crippen MR) is 106 cm³/mol. The molecule has 1 amide bonds. The molecule has 1 unspecified atom stereocenters. The van der Waals surface area contributed by atoms with E-state index in [9.17, 15) is 13.8 Å². The molecule has 3 rings (SSSR count). The molecule has 0 bridgehead atoms. The molecule has 1 aliphatic heterocycles. The number of carbonyl (C=O) groups excluding carboxylic acids is 2. The van der Waals surface area contributed by atoms with Gasteiger partial charge in [0.25, 0.3) is 5.91 Å². The van der Waals surface area contributed by atoms with Crippen LogP contribution in [0.4, 0.5) is 0 Å². The molecule has 27 heavy (non-hydrogen) atoms. The summed E-state index contributed by atoms with van der Waals surface area (Å²) in [5, 5.41) is 0. The SMILES string of the molecule is CC#CC#CC#CC(=O)C1CCC(N2C(=O)c3c(C)sc(C)c3S2=O)CC1. The number of amides is 1. The smallest absolute Gasteiger partial charge is 0.268 e. The van der Waals surface area contributed by atoms with E-state index in [4.69, 9.17) is 0 Å². The van der Waals surface area contributed by atoms with Crippen LogP contribution in [0.2, 0.25) is 0 Å². The second kappa shape index (κ2) is 8.13. The lowest BCUT2D eigenvalue weighted by atomic mass is 9.83. The Labute approximate surface area is 166 Å². The van der Waals surface area contributed by atoms with Gasteiger partial charge in [0.05, 0.1) is 10.5 Å². The maximum atomic E-state index is 12.9. The number of rotatable bonds is 2. The fraction of sp³-hybridized carbons (Fsp3) is 0.429. The van der Waals surface area contributed by atoms with Gasteiger partial charge in [0, 0.05) is 21.7 Å². The molecule has 1 atom stereocenters. The summed E-state index contributed by atoms with van der Waals surface area (Å²) >= 11 is 1.52. The first-order valence-electron chi connectivity index (χ1n) is 8.77. The highest BCUT2D eigenvalue weighted by atomic mass is 32.2. The minimum atomic E-state index is -1.43. The van der Waals surface area contributed by atoms with Crippen LogP contribution in [0.15, 0.2) is 4.90 Å². The normalized spacial score (nSPS) is 23.3. The molecule has 2 aliphatic rings. The fourth-order valence-corrected chi connectivity index (χ4v) is 6.53. The Balaban J connectivity index is 1.65. The van der Waals surface area contributed by atoms with Crippen molar-refractivity contribution in [1.82, 2.24) is 4.31 Å². The van der Waals surface area contributed by atoms with Crippen molar-refractivity contribution < 1.29 is 13.8 Å². The average molecular weight is 398 g/mol. The summed E-state index contributed by atoms with van der Waals surface area (Å²) in [7, 11) is -1.43. The number of hydrogen-bond acceptors (Lipinski definition) is 4. The summed E-state index contributed by atoms with van der Waals surface area (Å²) in [6.45, 7) is 5.50. The third-order valence-corrected chi connectivity index (χ3v) is 7.70. The topological polar surface area (TPSA) is 54.5 Å². The molecule has 0 aromatic carbocycles. The van der Waals surface area contributed by atoms with Crippen LogP contribution in [0.5, 0.6) is 0 Å². The van der Waals surface area contributed by atoms with Crippen molar-refractivity contribution in [1.29, 1.82) is 0 Å². The number of aryl methyl sites for hydroxylation is 2. The Morgan fingerprint density at radius 3 is 2.37 bits per heavy atom. The van der Waals surface area contributed by atoms with E-state index in [0.29, 0.717) is 36.1 Å². The molecule has 1 aliphatic carbocycles. The quantitative estimate of drug-likeness (QED) is 0.569. The summed E-state index contributed by atoms with van der Waals surface area (Å²) in [5.41, 5.74) is 0.619. The Morgan fingerprint density at radius 1 is 1.07 bits per heavy atom. The molecule has 0 spiro atoms. The molecular formula is C21H19NO3S2. The second-order valence-corrected chi connectivity index (χ2v) is 9.27. The van der Waals surface area contributed by atoms with Gasteiger partial charge in [-0.25, -0.2) is 4.21 Å². The molecule has 1 aromatic heterocycles. The lowest BCUT2D eigenvalue weighted by Gasteiger charge is -2.32. The van der Waals surface area contributed by atoms with Crippen molar-refractivity contribution in [3.05, 3.63) is 15.3 Å². The molecule has 1 fully saturated rings. The van der Waals surface area contributed by atoms with E-state index in [0.717, 1.165) is 9.75 Å². The maximum Gasteiger partial charge on any atom is 0.268 e. The Kier molecular flexibility index (Phi) is 5.85. The van der Waals surface area contributed by atoms with Crippen molar-refractivity contribution >= 4 is 34.0 Å². The average Bonchev–Trinajstić information content (AvgIpc) is 3.10. The number of nitrogens with zero attached hydrogens (tertiary/aromatic N) is 1. The standard InChI is InChI=1S/C21H19NO3S2/c1-4-5-6-7-8-9-18(23)16-10-12-17(13-11-16)22-21(24)19-14(2)26-15(3)20(19)27(22)25/h16-17H,10-13H2,1-3H3. The zero-order chi connectivity index (χ0) is 19.6. The molecule has 0 saturated heterocycles. The van der Waals surface area contributed by atoms with Crippen LogP contribution in [-0.4, -0.2) is 26.2 Å². The van der Waals surface area contributed by atoms with Gasteiger partial charge in [-0.1, -0.05) is 5.92 Å². The minimum absolute atomic E-state index is 0.0915. The number of Topliss-reactive ketones (excluding diaryl/α,β-unsaturated/α-hetero) is 1. The third kappa shape index (κ3) is 3.72. The van der Waals surface area contributed by atoms with Crippen LogP contribution in [0.1, 0.15) is 52.7 Å². The van der Waals surface area contributed by atoms with Crippen molar-refractivity contribution in [2.24, 2.45) is 5.92 Å². The predicted octanol–water partition coefficient (Wildman–Crippen LogP) is 3.00. The van der Waals surface area contributed by atoms with Crippen molar-refractivity contribution in [2.45, 2.75) is 57.4 Å². The van der Waals surface area contributed by atoms with E-state index in [1.807, 2.05) is 13.8 Å². The number of fused-ring (bicyclic) bond motifs is 1. The van der Waals surface area contributed by atoms with Crippen molar-refractivity contribution in [3.8, 4) is 35.5 Å². The molecular weight excluding hydrogens is 378 g/mol. The van der Waals surface area contributed by atoms with Crippen LogP contribution in [0, 0.1) is 55.3 Å². The van der Waals surface area contributed by atoms with Crippen molar-refractivity contribution in [3.63, 3.8) is 0 Å². The Bertz CT molecular complexity index is 973. The van der Waals surface area contributed by atoms with Gasteiger partial charge in [-0.3, -0.25) is 13.9 Å². The van der Waals surface area contributed by atoms with E-state index in [1.165, 1.54) is 15.6 Å². The highest BCUT2D eigenvalue weighted by Crippen LogP contribution is 2.41. The summed E-state index contributed by atoms with van der Waals surface area (Å²) in [5.74, 6) is 15.0. The molecule has 1 saturated carbocycles. The lowest BCUT2D eigenvalue weighted by molar-refractivity contribution is -0.118. The van der Waals surface area contributed by atoms with Crippen LogP contribution >= 0.6 is 11.3 Å². The molecule has 2 heterocycles. The summed E-state index contributed by atoms with van der Waals surface area (Å²) in [4.78, 5) is 27.6. The van der Waals surface area contributed by atoms with Gasteiger partial charge in [-0.05, 0) is 76.1 Å². The molecule has 6 heteroatoms. The summed E-state index contributed by atoms with van der Waals surface area (Å²) in [6.07, 6.45) is 2.61. The highest BCUT2D eigenvalue weighted by molar-refractivity contribution is 7.84. The number of thiophene rings is 1. The fourth-order valence-electron chi connectivity index (χ4n) is 3.60. The van der Waals surface area contributed by atoms with Crippen LogP contribution in [0.3, 0.4) is 0 Å². The first-order chi connectivity index (χ1) is 13.0. The van der Waals surface area contributed by atoms with E-state index in [2.05, 4.69) is 35.5 Å². The Morgan fingerprint density at radius 2 is 1.74 bits per heavy atom. The molecule has 4 nitrogen and oxygen atoms in total. The van der Waals surface area contributed by atoms with Gasteiger partial charge in [0.1, 0.15) is 0 Å². The largest absolute Gasteiger partial charge is 0.285 e. The van der Waals surface area contributed by atoms with Gasteiger partial charge < -0.3 is 0 Å². The van der Waals surface area contributed by atoms with Crippen molar-refractivity contribution in [2.75, 3.05) is 0 Å². The van der Waals surface area contributed by atoms with Crippen LogP contribution in [-0.2, 0) is 15.8 Å². The lowest BCUT2D eigenvalue weighted by Crippen LogP contribution is -2.40. The monoisotopic (exact) mass is 397 g/mol. The van der Waals surface area contributed by atoms with Gasteiger partial charge in [-0.15, -0.1) is 11.3 Å². The summed E-state index contributed by atoms with van der Waals surface area (Å²) in [6, 6.07) is -0.0915. The van der Waals surface area contributed by atoms with E-state index >= 15 is 0 Å². The number of hydrogen-bond donors (Lipinski definition) is 0. The zero-order valence-corrected chi connectivity index (χ0v) is 17.1. The van der Waals surface area contributed by atoms with Gasteiger partial charge in [0.2, 0.25) is 5.78 Å². The van der Waals surface area contributed by atoms with Gasteiger partial charge in [-0.2, -0.15) is 0 Å². The summed E-state index contributed by atoms with van der Waals surface area (Å²) < 4.78 is 14.4. The molecule has 138 valence electrons. The molecule has 0 radical (unpaired) electrons. The van der Waals surface area contributed by atoms with Gasteiger partial charge >= 0.3 is 0 Å². The Hall–Kier alpha value is -2.33.